The van der Waals surface area contributed by atoms with Gasteiger partial charge in [0.15, 0.2) is 5.82 Å². The highest BCUT2D eigenvalue weighted by molar-refractivity contribution is 6.36. The molecular weight excluding hydrogens is 259 g/mol. The first-order valence-electron chi connectivity index (χ1n) is 4.90. The van der Waals surface area contributed by atoms with E-state index in [-0.39, 0.29) is 6.42 Å². The first-order valence-corrected chi connectivity index (χ1v) is 5.66. The molecule has 0 fully saturated rings. The van der Waals surface area contributed by atoms with Crippen molar-refractivity contribution in [1.29, 1.82) is 5.26 Å². The molecule has 0 amide bonds. The number of nitrogens with one attached hydrogen (secondary N) is 1. The van der Waals surface area contributed by atoms with E-state index >= 15 is 0 Å². The minimum absolute atomic E-state index is 0.187. The highest BCUT2D eigenvalue weighted by Crippen LogP contribution is 2.25. The third-order valence-corrected chi connectivity index (χ3v) is 2.93. The molecule has 1 heterocycles. The summed E-state index contributed by atoms with van der Waals surface area (Å²) in [5.41, 5.74) is 0.801. The number of halogens is 2. The Hall–Kier alpha value is -1.57. The Balaban J connectivity index is 2.23. The van der Waals surface area contributed by atoms with E-state index in [2.05, 4.69) is 15.2 Å². The van der Waals surface area contributed by atoms with Crippen molar-refractivity contribution in [2.45, 2.75) is 12.8 Å². The van der Waals surface area contributed by atoms with Crippen LogP contribution in [-0.4, -0.2) is 15.2 Å². The number of H-pyrrole nitrogens is 1. The van der Waals surface area contributed by atoms with Crippen molar-refractivity contribution in [3.63, 3.8) is 0 Å². The van der Waals surface area contributed by atoms with Gasteiger partial charge in [0, 0.05) is 16.5 Å². The van der Waals surface area contributed by atoms with E-state index in [9.17, 15) is 0 Å². The monoisotopic (exact) mass is 266 g/mol. The van der Waals surface area contributed by atoms with Crippen LogP contribution in [0.25, 0.3) is 0 Å². The summed E-state index contributed by atoms with van der Waals surface area (Å²) in [6.07, 6.45) is 0.656. The molecule has 17 heavy (non-hydrogen) atoms. The van der Waals surface area contributed by atoms with Gasteiger partial charge in [0.2, 0.25) is 0 Å². The fourth-order valence-electron chi connectivity index (χ4n) is 1.43. The molecule has 0 unspecified atom stereocenters. The second-order valence-corrected chi connectivity index (χ2v) is 4.22. The normalized spacial score (nSPS) is 10.2. The lowest BCUT2D eigenvalue weighted by Crippen LogP contribution is -1.93. The van der Waals surface area contributed by atoms with Gasteiger partial charge in [0.25, 0.3) is 0 Å². The van der Waals surface area contributed by atoms with Crippen molar-refractivity contribution in [3.05, 3.63) is 45.5 Å². The standard InChI is InChI=1S/C11H8Cl2N4/c12-8-2-1-3-9(13)7(8)6-11-15-10(4-5-14)16-17-11/h1-3H,4,6H2,(H,15,16,17). The molecule has 2 rings (SSSR count). The molecule has 0 saturated carbocycles. The molecule has 0 radical (unpaired) electrons. The van der Waals surface area contributed by atoms with Crippen molar-refractivity contribution in [1.82, 2.24) is 15.2 Å². The van der Waals surface area contributed by atoms with Gasteiger partial charge in [0.1, 0.15) is 5.82 Å². The number of hydrogen-bond acceptors (Lipinski definition) is 3. The molecule has 0 aliphatic carbocycles. The van der Waals surface area contributed by atoms with Crippen LogP contribution in [-0.2, 0) is 12.8 Å². The van der Waals surface area contributed by atoms with Gasteiger partial charge in [-0.15, -0.1) is 0 Å². The number of rotatable bonds is 3. The second kappa shape index (κ2) is 5.17. The molecule has 4 nitrogen and oxygen atoms in total. The van der Waals surface area contributed by atoms with Crippen LogP contribution in [0.5, 0.6) is 0 Å². The molecule has 0 aliphatic rings. The predicted molar refractivity (Wildman–Crippen MR) is 65.0 cm³/mol. The zero-order valence-electron chi connectivity index (χ0n) is 8.74. The second-order valence-electron chi connectivity index (χ2n) is 3.41. The number of nitrogens with zero attached hydrogens (tertiary/aromatic N) is 3. The molecule has 2 aromatic rings. The van der Waals surface area contributed by atoms with Gasteiger partial charge < -0.3 is 0 Å². The number of benzene rings is 1. The van der Waals surface area contributed by atoms with Crippen LogP contribution in [0.2, 0.25) is 10.0 Å². The molecule has 0 bridgehead atoms. The number of nitriles is 1. The lowest BCUT2D eigenvalue weighted by Gasteiger charge is -2.03. The summed E-state index contributed by atoms with van der Waals surface area (Å²) in [5.74, 6) is 1.12. The summed E-state index contributed by atoms with van der Waals surface area (Å²) in [4.78, 5) is 4.17. The Morgan fingerprint density at radius 2 is 2.00 bits per heavy atom. The van der Waals surface area contributed by atoms with Crippen molar-refractivity contribution >= 4 is 23.2 Å². The Morgan fingerprint density at radius 1 is 1.29 bits per heavy atom. The van der Waals surface area contributed by atoms with Gasteiger partial charge in [-0.1, -0.05) is 29.3 Å². The lowest BCUT2D eigenvalue weighted by atomic mass is 10.1. The summed E-state index contributed by atoms with van der Waals surface area (Å²) in [7, 11) is 0. The van der Waals surface area contributed by atoms with E-state index in [0.717, 1.165) is 5.56 Å². The maximum Gasteiger partial charge on any atom is 0.164 e. The molecule has 0 saturated heterocycles. The summed E-state index contributed by atoms with van der Waals surface area (Å²) in [6, 6.07) is 7.32. The van der Waals surface area contributed by atoms with Gasteiger partial charge in [0.05, 0.1) is 12.5 Å². The largest absolute Gasteiger partial charge is 0.263 e. The van der Waals surface area contributed by atoms with Crippen LogP contribution in [0.3, 0.4) is 0 Å². The zero-order valence-corrected chi connectivity index (χ0v) is 10.3. The molecule has 1 N–H and O–H groups in total. The average molecular weight is 267 g/mol. The Morgan fingerprint density at radius 3 is 2.65 bits per heavy atom. The quantitative estimate of drug-likeness (QED) is 0.929. The fraction of sp³-hybridized carbons (Fsp3) is 0.182. The number of aromatic nitrogens is 3. The SMILES string of the molecule is N#CCc1n[nH]c(Cc2c(Cl)cccc2Cl)n1. The van der Waals surface area contributed by atoms with Gasteiger partial charge in [-0.3, -0.25) is 5.10 Å². The van der Waals surface area contributed by atoms with Crippen LogP contribution in [0.15, 0.2) is 18.2 Å². The van der Waals surface area contributed by atoms with E-state index in [1.807, 2.05) is 6.07 Å². The maximum atomic E-state index is 8.52. The first-order chi connectivity index (χ1) is 8.20. The van der Waals surface area contributed by atoms with Crippen LogP contribution in [0.4, 0.5) is 0 Å². The predicted octanol–water partition coefficient (Wildman–Crippen LogP) is 2.77. The van der Waals surface area contributed by atoms with Crippen molar-refractivity contribution in [3.8, 4) is 6.07 Å². The molecule has 1 aromatic carbocycles. The van der Waals surface area contributed by atoms with Crippen molar-refractivity contribution in [2.24, 2.45) is 0 Å². The van der Waals surface area contributed by atoms with Crippen LogP contribution < -0.4 is 0 Å². The van der Waals surface area contributed by atoms with Gasteiger partial charge in [-0.25, -0.2) is 4.98 Å². The number of hydrogen-bond donors (Lipinski definition) is 1. The molecular formula is C11H8Cl2N4. The fourth-order valence-corrected chi connectivity index (χ4v) is 1.96. The van der Waals surface area contributed by atoms with Gasteiger partial charge in [-0.05, 0) is 17.7 Å². The summed E-state index contributed by atoms with van der Waals surface area (Å²) >= 11 is 12.1. The highest BCUT2D eigenvalue weighted by Gasteiger charge is 2.09. The molecule has 6 heteroatoms. The maximum absolute atomic E-state index is 8.52. The van der Waals surface area contributed by atoms with Gasteiger partial charge >= 0.3 is 0 Å². The Bertz CT molecular complexity index is 551. The molecule has 1 aromatic heterocycles. The highest BCUT2D eigenvalue weighted by atomic mass is 35.5. The van der Waals surface area contributed by atoms with E-state index in [0.29, 0.717) is 28.1 Å². The smallest absolute Gasteiger partial charge is 0.164 e. The summed E-state index contributed by atoms with van der Waals surface area (Å²) in [5, 5.41) is 16.4. The van der Waals surface area contributed by atoms with Crippen LogP contribution in [0, 0.1) is 11.3 Å². The third-order valence-electron chi connectivity index (χ3n) is 2.22. The number of aromatic amines is 1. The first kappa shape index (κ1) is 11.9. The molecule has 86 valence electrons. The van der Waals surface area contributed by atoms with Crippen molar-refractivity contribution in [2.75, 3.05) is 0 Å². The van der Waals surface area contributed by atoms with Crippen molar-refractivity contribution < 1.29 is 0 Å². The minimum Gasteiger partial charge on any atom is -0.263 e. The zero-order chi connectivity index (χ0) is 12.3. The van der Waals surface area contributed by atoms with Gasteiger partial charge in [-0.2, -0.15) is 10.4 Å². The van der Waals surface area contributed by atoms with E-state index in [4.69, 9.17) is 28.5 Å². The van der Waals surface area contributed by atoms with Crippen LogP contribution >= 0.6 is 23.2 Å². The summed E-state index contributed by atoms with van der Waals surface area (Å²) < 4.78 is 0. The molecule has 0 aliphatic heterocycles. The third kappa shape index (κ3) is 2.76. The molecule has 0 spiro atoms. The van der Waals surface area contributed by atoms with E-state index in [1.165, 1.54) is 0 Å². The summed E-state index contributed by atoms with van der Waals surface area (Å²) in [6.45, 7) is 0. The Kier molecular flexibility index (Phi) is 3.62. The average Bonchev–Trinajstić information content (AvgIpc) is 2.72. The topological polar surface area (TPSA) is 65.4 Å². The van der Waals surface area contributed by atoms with E-state index < -0.39 is 0 Å². The Labute approximate surface area is 108 Å². The van der Waals surface area contributed by atoms with Crippen LogP contribution in [0.1, 0.15) is 17.2 Å². The van der Waals surface area contributed by atoms with E-state index in [1.54, 1.807) is 18.2 Å². The minimum atomic E-state index is 0.187. The lowest BCUT2D eigenvalue weighted by molar-refractivity contribution is 0.965. The molecule has 0 atom stereocenters.